The predicted molar refractivity (Wildman–Crippen MR) is 152 cm³/mol. The normalized spacial score (nSPS) is 12.4. The molecule has 4 aromatic rings. The van der Waals surface area contributed by atoms with Crippen molar-refractivity contribution >= 4 is 15.8 Å². The van der Waals surface area contributed by atoms with Gasteiger partial charge < -0.3 is 10.1 Å². The summed E-state index contributed by atoms with van der Waals surface area (Å²) in [6, 6.07) is 14.9. The highest BCUT2D eigenvalue weighted by Gasteiger charge is 2.30. The number of nitrogens with one attached hydrogen (secondary N) is 2. The van der Waals surface area contributed by atoms with Crippen molar-refractivity contribution < 1.29 is 26.3 Å². The molecule has 0 bridgehead atoms. The molecule has 0 fully saturated rings. The van der Waals surface area contributed by atoms with E-state index < -0.39 is 21.8 Å². The summed E-state index contributed by atoms with van der Waals surface area (Å²) < 4.78 is 72.9. The largest absolute Gasteiger partial charge is 0.497 e. The van der Waals surface area contributed by atoms with Crippen LogP contribution in [0.2, 0.25) is 0 Å². The Morgan fingerprint density at radius 2 is 1.68 bits per heavy atom. The molecule has 0 aliphatic heterocycles. The van der Waals surface area contributed by atoms with E-state index in [1.807, 2.05) is 47.3 Å². The highest BCUT2D eigenvalue weighted by molar-refractivity contribution is 7.89. The summed E-state index contributed by atoms with van der Waals surface area (Å²) in [5, 5.41) is 8.09. The fourth-order valence-corrected chi connectivity index (χ4v) is 5.10. The van der Waals surface area contributed by atoms with E-state index in [9.17, 15) is 21.6 Å². The maximum atomic E-state index is 12.8. The minimum Gasteiger partial charge on any atom is -0.497 e. The maximum Gasteiger partial charge on any atom is 0.416 e. The Morgan fingerprint density at radius 3 is 2.34 bits per heavy atom. The third-order valence-corrected chi connectivity index (χ3v) is 7.74. The Labute approximate surface area is 237 Å². The van der Waals surface area contributed by atoms with Gasteiger partial charge in [-0.3, -0.25) is 4.68 Å². The number of benzene rings is 2. The van der Waals surface area contributed by atoms with Gasteiger partial charge in [-0.15, -0.1) is 0 Å². The summed E-state index contributed by atoms with van der Waals surface area (Å²) in [6.45, 7) is 6.73. The van der Waals surface area contributed by atoms with Crippen molar-refractivity contribution in [3.63, 3.8) is 0 Å². The highest BCUT2D eigenvalue weighted by atomic mass is 32.2. The molecule has 0 unspecified atom stereocenters. The Bertz CT molecular complexity index is 1600. The molecule has 2 heterocycles. The monoisotopic (exact) mass is 587 g/mol. The zero-order chi connectivity index (χ0) is 29.8. The first-order valence-electron chi connectivity index (χ1n) is 12.9. The summed E-state index contributed by atoms with van der Waals surface area (Å²) in [6.07, 6.45) is -0.419. The summed E-state index contributed by atoms with van der Waals surface area (Å²) >= 11 is 0. The van der Waals surface area contributed by atoms with Crippen LogP contribution in [0, 0.1) is 0 Å². The number of ether oxygens (including phenoxy) is 1. The third kappa shape index (κ3) is 7.44. The van der Waals surface area contributed by atoms with Crippen molar-refractivity contribution in [2.45, 2.75) is 43.8 Å². The fraction of sp³-hybridized carbons (Fsp3) is 0.310. The first-order chi connectivity index (χ1) is 19.3. The minimum absolute atomic E-state index is 0.0917. The molecule has 0 saturated heterocycles. The van der Waals surface area contributed by atoms with Crippen LogP contribution in [-0.4, -0.2) is 43.4 Å². The van der Waals surface area contributed by atoms with Gasteiger partial charge in [0.2, 0.25) is 10.0 Å². The van der Waals surface area contributed by atoms with Gasteiger partial charge in [0.1, 0.15) is 17.3 Å². The van der Waals surface area contributed by atoms with Crippen LogP contribution in [0.25, 0.3) is 22.4 Å². The number of hydrogen-bond acceptors (Lipinski definition) is 6. The lowest BCUT2D eigenvalue weighted by Gasteiger charge is -2.18. The molecule has 41 heavy (non-hydrogen) atoms. The van der Waals surface area contributed by atoms with Crippen LogP contribution in [0.3, 0.4) is 0 Å². The van der Waals surface area contributed by atoms with Crippen LogP contribution in [0.15, 0.2) is 78.0 Å². The molecule has 0 aliphatic rings. The Balaban J connectivity index is 1.43. The standard InChI is InChI=1S/C29H32F3N5O3S/c1-28(2,3)37-19-25(27(36-37)21-7-5-8-23(17-21)40-4)20-13-16-34-26(18-20)33-14-6-15-35-41(38,39)24-11-9-22(10-12-24)29(30,31)32/h5,7-13,16-19,35H,6,14-15H2,1-4H3,(H,33,34). The van der Waals surface area contributed by atoms with Crippen LogP contribution < -0.4 is 14.8 Å². The van der Waals surface area contributed by atoms with E-state index in [0.717, 1.165) is 52.4 Å². The van der Waals surface area contributed by atoms with Crippen LogP contribution in [-0.2, 0) is 21.7 Å². The molecule has 2 N–H and O–H groups in total. The van der Waals surface area contributed by atoms with E-state index in [4.69, 9.17) is 9.84 Å². The molecule has 0 aliphatic carbocycles. The van der Waals surface area contributed by atoms with Gasteiger partial charge >= 0.3 is 6.18 Å². The minimum atomic E-state index is -4.53. The van der Waals surface area contributed by atoms with Crippen molar-refractivity contribution in [2.75, 3.05) is 25.5 Å². The molecule has 0 spiro atoms. The molecular weight excluding hydrogens is 555 g/mol. The molecule has 2 aromatic heterocycles. The third-order valence-electron chi connectivity index (χ3n) is 6.26. The molecule has 218 valence electrons. The molecule has 8 nitrogen and oxygen atoms in total. The van der Waals surface area contributed by atoms with Gasteiger partial charge in [0, 0.05) is 36.6 Å². The second-order valence-corrected chi connectivity index (χ2v) is 12.1. The smallest absolute Gasteiger partial charge is 0.416 e. The number of alkyl halides is 3. The van der Waals surface area contributed by atoms with Crippen molar-refractivity contribution in [2.24, 2.45) is 0 Å². The van der Waals surface area contributed by atoms with Gasteiger partial charge in [0.05, 0.1) is 23.1 Å². The van der Waals surface area contributed by atoms with Gasteiger partial charge in [-0.25, -0.2) is 18.1 Å². The van der Waals surface area contributed by atoms with E-state index in [0.29, 0.717) is 18.8 Å². The SMILES string of the molecule is COc1cccc(-c2nn(C(C)(C)C)cc2-c2ccnc(NCCCNS(=O)(=O)c3ccc(C(F)(F)F)cc3)c2)c1. The molecule has 0 atom stereocenters. The first-order valence-corrected chi connectivity index (χ1v) is 14.4. The number of rotatable bonds is 10. The zero-order valence-corrected chi connectivity index (χ0v) is 24.0. The van der Waals surface area contributed by atoms with Gasteiger partial charge in [-0.2, -0.15) is 18.3 Å². The number of hydrogen-bond donors (Lipinski definition) is 2. The molecular formula is C29H32F3N5O3S. The van der Waals surface area contributed by atoms with Crippen molar-refractivity contribution in [3.8, 4) is 28.1 Å². The summed E-state index contributed by atoms with van der Waals surface area (Å²) in [5.74, 6) is 1.33. The number of sulfonamides is 1. The van der Waals surface area contributed by atoms with E-state index in [1.54, 1.807) is 13.3 Å². The van der Waals surface area contributed by atoms with Crippen molar-refractivity contribution in [1.29, 1.82) is 0 Å². The zero-order valence-electron chi connectivity index (χ0n) is 23.2. The van der Waals surface area contributed by atoms with Gasteiger partial charge in [-0.1, -0.05) is 12.1 Å². The number of methoxy groups -OCH3 is 1. The number of halogens is 3. The molecule has 4 rings (SSSR count). The van der Waals surface area contributed by atoms with Gasteiger partial charge in [-0.05, 0) is 81.3 Å². The van der Waals surface area contributed by atoms with Crippen LogP contribution >= 0.6 is 0 Å². The topological polar surface area (TPSA) is 98.1 Å². The van der Waals surface area contributed by atoms with E-state index >= 15 is 0 Å². The van der Waals surface area contributed by atoms with Crippen LogP contribution in [0.4, 0.5) is 19.0 Å². The lowest BCUT2D eigenvalue weighted by molar-refractivity contribution is -0.137. The fourth-order valence-electron chi connectivity index (χ4n) is 4.02. The lowest BCUT2D eigenvalue weighted by Crippen LogP contribution is -2.26. The molecule has 0 saturated carbocycles. The molecule has 0 amide bonds. The number of nitrogens with zero attached hydrogens (tertiary/aromatic N) is 3. The highest BCUT2D eigenvalue weighted by Crippen LogP contribution is 2.35. The second kappa shape index (κ2) is 11.9. The van der Waals surface area contributed by atoms with Gasteiger partial charge in [0.25, 0.3) is 0 Å². The van der Waals surface area contributed by atoms with Crippen LogP contribution in [0.1, 0.15) is 32.8 Å². The van der Waals surface area contributed by atoms with Crippen molar-refractivity contribution in [1.82, 2.24) is 19.5 Å². The average molecular weight is 588 g/mol. The van der Waals surface area contributed by atoms with Crippen molar-refractivity contribution in [3.05, 3.63) is 78.6 Å². The average Bonchev–Trinajstić information content (AvgIpc) is 3.39. The quantitative estimate of drug-likeness (QED) is 0.215. The Hall–Kier alpha value is -3.90. The number of aromatic nitrogens is 3. The maximum absolute atomic E-state index is 12.8. The number of pyridine rings is 1. The Morgan fingerprint density at radius 1 is 0.951 bits per heavy atom. The van der Waals surface area contributed by atoms with Gasteiger partial charge in [0.15, 0.2) is 0 Å². The second-order valence-electron chi connectivity index (χ2n) is 10.4. The lowest BCUT2D eigenvalue weighted by atomic mass is 10.0. The first kappa shape index (κ1) is 30.1. The summed E-state index contributed by atoms with van der Waals surface area (Å²) in [5.41, 5.74) is 2.38. The number of anilines is 1. The summed E-state index contributed by atoms with van der Waals surface area (Å²) in [7, 11) is -2.32. The van der Waals surface area contributed by atoms with E-state index in [2.05, 4.69) is 35.8 Å². The molecule has 12 heteroatoms. The predicted octanol–water partition coefficient (Wildman–Crippen LogP) is 6.18. The summed E-state index contributed by atoms with van der Waals surface area (Å²) in [4.78, 5) is 4.16. The van der Waals surface area contributed by atoms with E-state index in [-0.39, 0.29) is 17.0 Å². The Kier molecular flexibility index (Phi) is 8.74. The van der Waals surface area contributed by atoms with E-state index in [1.165, 1.54) is 0 Å². The van der Waals surface area contributed by atoms with Crippen LogP contribution in [0.5, 0.6) is 5.75 Å². The molecule has 2 aromatic carbocycles. The molecule has 0 radical (unpaired) electrons.